The second kappa shape index (κ2) is 13.8. The molecule has 1 aliphatic heterocycles. The third-order valence-electron chi connectivity index (χ3n) is 5.50. The lowest BCUT2D eigenvalue weighted by molar-refractivity contribution is -0.186. The molecule has 3 amide bonds. The van der Waals surface area contributed by atoms with Gasteiger partial charge in [0.25, 0.3) is 11.8 Å². The number of amides is 3. The van der Waals surface area contributed by atoms with Crippen LogP contribution in [-0.2, 0) is 14.3 Å². The molecule has 1 saturated heterocycles. The van der Waals surface area contributed by atoms with Crippen LogP contribution in [0.4, 0.5) is 46.5 Å². The maximum Gasteiger partial charge on any atom is 0.401 e. The Balaban J connectivity index is 1.93. The molecule has 1 aliphatic rings. The molecule has 1 fully saturated rings. The summed E-state index contributed by atoms with van der Waals surface area (Å²) < 4.78 is 116. The van der Waals surface area contributed by atoms with Gasteiger partial charge in [0.1, 0.15) is 12.6 Å². The summed E-state index contributed by atoms with van der Waals surface area (Å²) in [7, 11) is 0. The van der Waals surface area contributed by atoms with Crippen molar-refractivity contribution < 1.29 is 59.0 Å². The molecule has 42 heavy (non-hydrogen) atoms. The summed E-state index contributed by atoms with van der Waals surface area (Å²) in [4.78, 5) is 38.6. The number of hydrogen-bond acceptors (Lipinski definition) is 7. The van der Waals surface area contributed by atoms with Crippen molar-refractivity contribution in [1.82, 2.24) is 10.2 Å². The minimum Gasteiger partial charge on any atom is -0.433 e. The van der Waals surface area contributed by atoms with Gasteiger partial charge in [0.05, 0.1) is 34.6 Å². The Morgan fingerprint density at radius 2 is 1.76 bits per heavy atom. The van der Waals surface area contributed by atoms with Crippen molar-refractivity contribution in [3.05, 3.63) is 39.5 Å². The van der Waals surface area contributed by atoms with Crippen LogP contribution in [-0.4, -0.2) is 87.0 Å². The number of morpholine rings is 1. The van der Waals surface area contributed by atoms with Crippen molar-refractivity contribution in [2.45, 2.75) is 25.0 Å². The molecule has 1 aromatic carbocycles. The monoisotopic (exact) mass is 652 g/mol. The van der Waals surface area contributed by atoms with Crippen molar-refractivity contribution in [3.8, 4) is 5.75 Å². The number of nitrogens with one attached hydrogen (secondary N) is 2. The van der Waals surface area contributed by atoms with Crippen molar-refractivity contribution in [3.63, 3.8) is 0 Å². The maximum atomic E-state index is 13.3. The van der Waals surface area contributed by atoms with Crippen LogP contribution in [0.15, 0.2) is 30.3 Å². The molecule has 0 saturated carbocycles. The third-order valence-corrected chi connectivity index (χ3v) is 6.73. The van der Waals surface area contributed by atoms with Crippen LogP contribution < -0.4 is 20.3 Å². The van der Waals surface area contributed by atoms with E-state index in [9.17, 15) is 49.5 Å². The van der Waals surface area contributed by atoms with E-state index in [0.29, 0.717) is 0 Å². The highest BCUT2D eigenvalue weighted by atomic mass is 35.5. The third kappa shape index (κ3) is 9.95. The minimum absolute atomic E-state index is 0.0414. The molecule has 2 heterocycles. The van der Waals surface area contributed by atoms with Gasteiger partial charge in [0.2, 0.25) is 5.91 Å². The van der Waals surface area contributed by atoms with Crippen LogP contribution in [0.5, 0.6) is 5.75 Å². The van der Waals surface area contributed by atoms with Crippen LogP contribution in [0.2, 0.25) is 4.34 Å². The van der Waals surface area contributed by atoms with E-state index >= 15 is 0 Å². The van der Waals surface area contributed by atoms with Gasteiger partial charge >= 0.3 is 19.0 Å². The predicted octanol–water partition coefficient (Wildman–Crippen LogP) is 4.53. The van der Waals surface area contributed by atoms with Gasteiger partial charge in [-0.15, -0.1) is 11.3 Å². The second-order valence-corrected chi connectivity index (χ2v) is 10.3. The van der Waals surface area contributed by atoms with Gasteiger partial charge in [-0.1, -0.05) is 11.6 Å². The van der Waals surface area contributed by atoms with E-state index in [1.54, 1.807) is 0 Å². The van der Waals surface area contributed by atoms with E-state index in [4.69, 9.17) is 16.3 Å². The van der Waals surface area contributed by atoms with E-state index in [-0.39, 0.29) is 39.6 Å². The Hall–Kier alpha value is -3.22. The van der Waals surface area contributed by atoms with Crippen molar-refractivity contribution in [2.75, 3.05) is 49.6 Å². The Morgan fingerprint density at radius 3 is 2.31 bits per heavy atom. The van der Waals surface area contributed by atoms with E-state index in [1.807, 2.05) is 5.32 Å². The quantitative estimate of drug-likeness (QED) is 0.346. The molecule has 9 nitrogen and oxygen atoms in total. The van der Waals surface area contributed by atoms with E-state index in [1.165, 1.54) is 18.2 Å². The highest BCUT2D eigenvalue weighted by molar-refractivity contribution is 7.18. The molecular weight excluding hydrogens is 632 g/mol. The van der Waals surface area contributed by atoms with Crippen LogP contribution >= 0.6 is 22.9 Å². The van der Waals surface area contributed by atoms with Gasteiger partial charge in [0, 0.05) is 24.8 Å². The Labute approximate surface area is 241 Å². The number of rotatable bonds is 11. The number of alkyl halides is 8. The van der Waals surface area contributed by atoms with Gasteiger partial charge in [-0.3, -0.25) is 19.3 Å². The molecule has 0 unspecified atom stereocenters. The van der Waals surface area contributed by atoms with E-state index in [0.717, 1.165) is 28.4 Å². The Morgan fingerprint density at radius 1 is 1.10 bits per heavy atom. The Bertz CT molecular complexity index is 1260. The lowest BCUT2D eigenvalue weighted by atomic mass is 10.1. The van der Waals surface area contributed by atoms with Crippen molar-refractivity contribution in [2.24, 2.45) is 0 Å². The number of halogens is 9. The van der Waals surface area contributed by atoms with Gasteiger partial charge in [-0.25, -0.2) is 0 Å². The second-order valence-electron chi connectivity index (χ2n) is 8.61. The maximum absolute atomic E-state index is 13.3. The lowest BCUT2D eigenvalue weighted by Crippen LogP contribution is -2.55. The fourth-order valence-electron chi connectivity index (χ4n) is 3.82. The zero-order valence-corrected chi connectivity index (χ0v) is 22.6. The van der Waals surface area contributed by atoms with Crippen LogP contribution in [0.1, 0.15) is 9.67 Å². The zero-order chi connectivity index (χ0) is 31.2. The summed E-state index contributed by atoms with van der Waals surface area (Å²) in [6.45, 7) is -9.06. The first kappa shape index (κ1) is 33.3. The van der Waals surface area contributed by atoms with Gasteiger partial charge in [-0.2, -0.15) is 35.1 Å². The summed E-state index contributed by atoms with van der Waals surface area (Å²) in [5.74, 6) is -3.71. The highest BCUT2D eigenvalue weighted by Crippen LogP contribution is 2.33. The summed E-state index contributed by atoms with van der Waals surface area (Å²) in [6, 6.07) is 3.38. The highest BCUT2D eigenvalue weighted by Gasteiger charge is 2.42. The van der Waals surface area contributed by atoms with E-state index < -0.39 is 73.8 Å². The SMILES string of the molecule is O=C(NC[C@H](C(=O)Nc1ccc(N2CCOCC2=O)cc1OC(F)F)N(CC(F)(F)F)CC(F)(F)F)c1ccc(Cl)s1. The molecule has 19 heteroatoms. The molecule has 3 rings (SSSR count). The molecule has 2 aromatic rings. The number of ether oxygens (including phenoxy) is 2. The van der Waals surface area contributed by atoms with E-state index in [2.05, 4.69) is 10.1 Å². The number of carbonyl (C=O) groups is 3. The fourth-order valence-corrected chi connectivity index (χ4v) is 4.78. The standard InChI is InChI=1S/C23H21ClF8N4O5S/c24-17-4-3-16(42-17)20(39)33-8-14(35(10-22(27,28)29)11-23(30,31)32)19(38)34-13-2-1-12(7-15(13)41-21(25)26)36-5-6-40-9-18(36)37/h1-4,7,14,21H,5-6,8-11H2,(H,33,39)(H,34,38)/t14-/m1/s1. The Kier molecular flexibility index (Phi) is 11.0. The summed E-state index contributed by atoms with van der Waals surface area (Å²) in [5.41, 5.74) is -0.503. The number of benzene rings is 1. The van der Waals surface area contributed by atoms with Crippen molar-refractivity contribution in [1.29, 1.82) is 0 Å². The molecule has 0 spiro atoms. The average molecular weight is 653 g/mol. The fraction of sp³-hybridized carbons (Fsp3) is 0.435. The first-order valence-corrected chi connectivity index (χ1v) is 12.9. The number of carbonyl (C=O) groups excluding carboxylic acids is 3. The molecule has 0 aliphatic carbocycles. The first-order valence-electron chi connectivity index (χ1n) is 11.7. The molecule has 1 atom stereocenters. The largest absolute Gasteiger partial charge is 0.433 e. The van der Waals surface area contributed by atoms with Crippen LogP contribution in [0, 0.1) is 0 Å². The number of anilines is 2. The smallest absolute Gasteiger partial charge is 0.401 e. The topological polar surface area (TPSA) is 100 Å². The molecular formula is C23H21ClF8N4O5S. The van der Waals surface area contributed by atoms with Crippen LogP contribution in [0.25, 0.3) is 0 Å². The molecule has 232 valence electrons. The number of hydrogen-bond donors (Lipinski definition) is 2. The normalized spacial score (nSPS) is 15.2. The summed E-state index contributed by atoms with van der Waals surface area (Å²) >= 11 is 6.51. The zero-order valence-electron chi connectivity index (χ0n) is 21.0. The van der Waals surface area contributed by atoms with Gasteiger partial charge < -0.3 is 25.0 Å². The molecule has 2 N–H and O–H groups in total. The summed E-state index contributed by atoms with van der Waals surface area (Å²) in [5, 5.41) is 4.11. The van der Waals surface area contributed by atoms with Gasteiger partial charge in [-0.05, 0) is 24.3 Å². The van der Waals surface area contributed by atoms with Gasteiger partial charge in [0.15, 0.2) is 5.75 Å². The molecule has 0 bridgehead atoms. The number of thiophene rings is 1. The lowest BCUT2D eigenvalue weighted by Gasteiger charge is -2.32. The predicted molar refractivity (Wildman–Crippen MR) is 134 cm³/mol. The van der Waals surface area contributed by atoms with Crippen molar-refractivity contribution >= 4 is 52.0 Å². The summed E-state index contributed by atoms with van der Waals surface area (Å²) in [6.07, 6.45) is -10.4. The average Bonchev–Trinajstić information content (AvgIpc) is 3.29. The molecule has 0 radical (unpaired) electrons. The minimum atomic E-state index is -5.20. The molecule has 1 aromatic heterocycles. The number of nitrogens with zero attached hydrogens (tertiary/aromatic N) is 2. The van der Waals surface area contributed by atoms with Crippen LogP contribution in [0.3, 0.4) is 0 Å². The first-order chi connectivity index (χ1) is 19.5.